The number of hydrogen-bond acceptors (Lipinski definition) is 22. The third-order valence-corrected chi connectivity index (χ3v) is 15.9. The molecule has 4 aliphatic rings. The summed E-state index contributed by atoms with van der Waals surface area (Å²) in [7, 11) is -15.6. The summed E-state index contributed by atoms with van der Waals surface area (Å²) in [6.45, 7) is 3.07. The second-order valence-electron chi connectivity index (χ2n) is 18.4. The molecule has 0 amide bonds. The number of aromatic nitrogens is 8. The molecule has 422 valence electrons. The molecule has 33 nitrogen and oxygen atoms in total. The average Bonchev–Trinajstić information content (AvgIpc) is 4.16. The van der Waals surface area contributed by atoms with Gasteiger partial charge in [0.15, 0.2) is 0 Å². The number of hydrogen-bond donors (Lipinski definition) is 9. The molecule has 77 heavy (non-hydrogen) atoms. The van der Waals surface area contributed by atoms with Gasteiger partial charge in [0.1, 0.15) is 67.6 Å². The van der Waals surface area contributed by atoms with E-state index >= 15 is 0 Å². The van der Waals surface area contributed by atoms with Gasteiger partial charge in [0.25, 0.3) is 22.2 Å². The van der Waals surface area contributed by atoms with E-state index in [-0.39, 0.29) is 35.1 Å². The predicted molar refractivity (Wildman–Crippen MR) is 257 cm³/mol. The fourth-order valence-corrected chi connectivity index (χ4v) is 11.8. The molecule has 15 atom stereocenters. The summed E-state index contributed by atoms with van der Waals surface area (Å²) in [6, 6.07) is 0. The first-order chi connectivity index (χ1) is 36.1. The Hall–Kier alpha value is -5.41. The summed E-state index contributed by atoms with van der Waals surface area (Å²) < 4.78 is 94.9. The summed E-state index contributed by atoms with van der Waals surface area (Å²) >= 11 is 0. The van der Waals surface area contributed by atoms with Crippen molar-refractivity contribution in [3.05, 3.63) is 142 Å². The third-order valence-electron chi connectivity index (χ3n) is 12.8. The summed E-state index contributed by atoms with van der Waals surface area (Å²) in [6.07, 6.45) is -12.7. The highest BCUT2D eigenvalue weighted by atomic mass is 31.2. The fraction of sp³-hybridized carbons (Fsp3) is 0.561. The zero-order valence-corrected chi connectivity index (χ0v) is 43.6. The SMILES string of the molecule is Cc1cn([C@H]2C[C@H](OP(=O)(O)OC[C@H]3O[C@@H](n4cc(C)c(=O)[nH]c4=O)C[C@@H]3O)[C@@H](/C=C/P(=O)(O)O[C@H]3C[C@H](n4cc(C)c(=O)[nH]c4=O)O[C@@H]3COP(=O)(O)O[C@H]3C[C@H](n4cc(C)c(=O)[nH]c4=O)O[C@@H]3CO)O2)c(=O)[nH]c1=O. The van der Waals surface area contributed by atoms with E-state index in [9.17, 15) is 76.9 Å². The average molecular weight is 1150 g/mol. The first kappa shape index (κ1) is 57.8. The van der Waals surface area contributed by atoms with Gasteiger partial charge in [0.05, 0.1) is 25.9 Å². The van der Waals surface area contributed by atoms with Gasteiger partial charge in [-0.3, -0.25) is 84.6 Å². The largest absolute Gasteiger partial charge is 0.472 e. The van der Waals surface area contributed by atoms with Gasteiger partial charge in [-0.05, 0) is 33.8 Å². The third kappa shape index (κ3) is 13.4. The van der Waals surface area contributed by atoms with Crippen LogP contribution >= 0.6 is 23.2 Å². The summed E-state index contributed by atoms with van der Waals surface area (Å²) in [5.74, 6) is 0.576. The maximum absolute atomic E-state index is 14.0. The van der Waals surface area contributed by atoms with Crippen molar-refractivity contribution in [2.45, 2.75) is 127 Å². The van der Waals surface area contributed by atoms with Crippen LogP contribution in [0.1, 0.15) is 72.8 Å². The van der Waals surface area contributed by atoms with Crippen LogP contribution in [-0.4, -0.2) is 132 Å². The first-order valence-corrected chi connectivity index (χ1v) is 27.9. The molecule has 3 unspecified atom stereocenters. The second kappa shape index (κ2) is 22.7. The van der Waals surface area contributed by atoms with Crippen LogP contribution in [0.15, 0.2) is 75.0 Å². The molecule has 4 fully saturated rings. The molecular formula is C41H53N8O25P3. The van der Waals surface area contributed by atoms with Gasteiger partial charge < -0.3 is 43.8 Å². The molecule has 0 aliphatic carbocycles. The zero-order chi connectivity index (χ0) is 56.1. The number of aliphatic hydroxyl groups is 2. The lowest BCUT2D eigenvalue weighted by atomic mass is 10.2. The van der Waals surface area contributed by atoms with E-state index in [1.54, 1.807) is 0 Å². The number of nitrogens with one attached hydrogen (secondary N) is 4. The number of aromatic amines is 4. The monoisotopic (exact) mass is 1150 g/mol. The van der Waals surface area contributed by atoms with Gasteiger partial charge in [-0.1, -0.05) is 0 Å². The number of aliphatic hydroxyl groups excluding tert-OH is 2. The molecule has 8 rings (SSSR count). The Morgan fingerprint density at radius 2 is 0.883 bits per heavy atom. The van der Waals surface area contributed by atoms with E-state index in [2.05, 4.69) is 19.9 Å². The molecule has 4 aromatic rings. The Labute approximate surface area is 429 Å². The first-order valence-electron chi connectivity index (χ1n) is 23.3. The van der Waals surface area contributed by atoms with E-state index in [1.807, 2.05) is 0 Å². The molecule has 4 aliphatic heterocycles. The Kier molecular flexibility index (Phi) is 17.1. The van der Waals surface area contributed by atoms with Crippen molar-refractivity contribution in [3.8, 4) is 0 Å². The van der Waals surface area contributed by atoms with Crippen LogP contribution in [0.4, 0.5) is 0 Å². The number of nitrogens with zero attached hydrogens (tertiary/aromatic N) is 4. The molecule has 0 bridgehead atoms. The van der Waals surface area contributed by atoms with E-state index in [0.717, 1.165) is 36.7 Å². The highest BCUT2D eigenvalue weighted by molar-refractivity contribution is 7.56. The van der Waals surface area contributed by atoms with Crippen LogP contribution in [0.5, 0.6) is 0 Å². The highest BCUT2D eigenvalue weighted by Crippen LogP contribution is 2.53. The van der Waals surface area contributed by atoms with E-state index in [0.29, 0.717) is 5.82 Å². The minimum atomic E-state index is -5.23. The number of aryl methyl sites for hydroxylation is 4. The molecule has 4 saturated heterocycles. The lowest BCUT2D eigenvalue weighted by Crippen LogP contribution is -2.33. The van der Waals surface area contributed by atoms with E-state index in [1.165, 1.54) is 40.1 Å². The van der Waals surface area contributed by atoms with Crippen molar-refractivity contribution in [2.75, 3.05) is 19.8 Å². The number of phosphoric ester groups is 2. The van der Waals surface area contributed by atoms with Gasteiger partial charge in [-0.15, -0.1) is 0 Å². The smallest absolute Gasteiger partial charge is 0.394 e. The lowest BCUT2D eigenvalue weighted by molar-refractivity contribution is -0.0561. The number of ether oxygens (including phenoxy) is 4. The van der Waals surface area contributed by atoms with Crippen molar-refractivity contribution in [3.63, 3.8) is 0 Å². The van der Waals surface area contributed by atoms with Gasteiger partial charge in [-0.2, -0.15) is 0 Å². The summed E-state index contributed by atoms with van der Waals surface area (Å²) in [5, 5.41) is 20.7. The lowest BCUT2D eigenvalue weighted by Gasteiger charge is -2.24. The van der Waals surface area contributed by atoms with E-state index in [4.69, 9.17) is 41.6 Å². The van der Waals surface area contributed by atoms with Crippen molar-refractivity contribution in [1.82, 2.24) is 38.2 Å². The Morgan fingerprint density at radius 1 is 0.532 bits per heavy atom. The highest BCUT2D eigenvalue weighted by Gasteiger charge is 2.47. The maximum Gasteiger partial charge on any atom is 0.472 e. The maximum atomic E-state index is 14.0. The van der Waals surface area contributed by atoms with Crippen LogP contribution in [0.3, 0.4) is 0 Å². The molecule has 9 N–H and O–H groups in total. The van der Waals surface area contributed by atoms with Crippen molar-refractivity contribution in [1.29, 1.82) is 0 Å². The Balaban J connectivity index is 0.987. The summed E-state index contributed by atoms with van der Waals surface area (Å²) in [4.78, 5) is 141. The Bertz CT molecular complexity index is 3560. The fourth-order valence-electron chi connectivity index (χ4n) is 8.78. The topological polar surface area (TPSA) is 455 Å². The normalized spacial score (nSPS) is 29.9. The molecule has 0 saturated carbocycles. The van der Waals surface area contributed by atoms with Crippen LogP contribution in [0, 0.1) is 27.7 Å². The molecular weight excluding hydrogens is 1100 g/mol. The second-order valence-corrected chi connectivity index (χ2v) is 22.9. The van der Waals surface area contributed by atoms with Crippen molar-refractivity contribution in [2.24, 2.45) is 0 Å². The van der Waals surface area contributed by atoms with Crippen LogP contribution in [0.2, 0.25) is 0 Å². The molecule has 0 spiro atoms. The number of phosphoric acid groups is 2. The molecule has 0 aromatic carbocycles. The number of H-pyrrole nitrogens is 4. The number of rotatable bonds is 19. The molecule has 4 aromatic heterocycles. The minimum Gasteiger partial charge on any atom is -0.394 e. The zero-order valence-electron chi connectivity index (χ0n) is 40.9. The van der Waals surface area contributed by atoms with Crippen LogP contribution in [0.25, 0.3) is 0 Å². The van der Waals surface area contributed by atoms with Crippen molar-refractivity contribution < 1.29 is 80.2 Å². The Morgan fingerprint density at radius 3 is 1.32 bits per heavy atom. The van der Waals surface area contributed by atoms with Gasteiger partial charge in [0.2, 0.25) is 0 Å². The summed E-state index contributed by atoms with van der Waals surface area (Å²) in [5.41, 5.74) is -6.10. The standard InChI is InChI=1S/C41H53N8O25P3/c1-18-11-46(38(56)42-34(18)52)30-7-22(51)28(70-30)16-66-76(62,63)73-24-8-31(47-12-19(2)35(53)43-39(47)57)68-23(24)5-6-75(60,61)72-26-10-33(49-14-21(4)37(55)45-41(49)59)71-29(26)17-67-77(64,65)74-25-9-32(69-27(25)15-50)48-13-20(3)36(54)44-40(48)58/h5-6,11-14,22-33,50-51H,7-10,15-17H2,1-4H3,(H,60,61)(H,62,63)(H,64,65)(H,42,52,56)(H,43,53,57)(H,44,54,58)(H,45,55,59)/b6-5+/t22-,23+,24-,25-,26-,27+,28+,29+,30+,31+,32+,33+/m0/s1. The minimum absolute atomic E-state index is 0.0433. The quantitative estimate of drug-likeness (QED) is 0.0459. The van der Waals surface area contributed by atoms with Crippen LogP contribution < -0.4 is 45.0 Å². The molecule has 8 heterocycles. The van der Waals surface area contributed by atoms with E-state index < -0.39 is 175 Å². The van der Waals surface area contributed by atoms with Gasteiger partial charge >= 0.3 is 46.0 Å². The van der Waals surface area contributed by atoms with Gasteiger partial charge in [0, 0.05) is 78.5 Å². The van der Waals surface area contributed by atoms with Crippen LogP contribution in [-0.2, 0) is 55.3 Å². The van der Waals surface area contributed by atoms with Crippen molar-refractivity contribution >= 4 is 23.2 Å². The predicted octanol–water partition coefficient (Wildman–Crippen LogP) is -1.99. The molecule has 0 radical (unpaired) electrons. The molecule has 36 heteroatoms. The van der Waals surface area contributed by atoms with Gasteiger partial charge in [-0.25, -0.2) is 28.3 Å².